The zero-order valence-corrected chi connectivity index (χ0v) is 61.1. The lowest BCUT2D eigenvalue weighted by atomic mass is 10.0. The number of hydrogen-bond donors (Lipinski definition) is 2. The minimum Gasteiger partial charge on any atom is -0.481 e. The molecule has 566 valence electrons. The van der Waals surface area contributed by atoms with Crippen molar-refractivity contribution < 1.29 is 56.9 Å². The lowest BCUT2D eigenvalue weighted by molar-refractivity contribution is -0.142. The molecular formula is C83H84F3N15O9. The van der Waals surface area contributed by atoms with Crippen LogP contribution in [0.25, 0.3) is 50.7 Å². The molecule has 18 rings (SSSR count). The van der Waals surface area contributed by atoms with Crippen molar-refractivity contribution in [3.63, 3.8) is 0 Å². The lowest BCUT2D eigenvalue weighted by Crippen LogP contribution is -2.41. The zero-order chi connectivity index (χ0) is 76.1. The number of aryl methyl sites for hydroxylation is 3. The van der Waals surface area contributed by atoms with Crippen LogP contribution in [0.15, 0.2) is 146 Å². The van der Waals surface area contributed by atoms with Gasteiger partial charge in [-0.1, -0.05) is 46.4 Å². The van der Waals surface area contributed by atoms with E-state index in [0.29, 0.717) is 137 Å². The summed E-state index contributed by atoms with van der Waals surface area (Å²) in [7, 11) is 1.37. The van der Waals surface area contributed by atoms with Crippen molar-refractivity contribution >= 4 is 52.6 Å². The van der Waals surface area contributed by atoms with E-state index in [4.69, 9.17) is 14.9 Å². The number of nitrogens with zero attached hydrogens (tertiary/aromatic N) is 15. The molecular weight excluding hydrogens is 1410 g/mol. The minimum absolute atomic E-state index is 0. The number of ether oxygens (including phenoxy) is 1. The number of halogens is 3. The Morgan fingerprint density at radius 2 is 0.727 bits per heavy atom. The van der Waals surface area contributed by atoms with E-state index in [1.165, 1.54) is 25.3 Å². The summed E-state index contributed by atoms with van der Waals surface area (Å²) in [5.41, 5.74) is 12.7. The highest BCUT2D eigenvalue weighted by Crippen LogP contribution is 2.51. The SMILES string of the molecule is C.CCc1cc(C(=O)N2CCn3cccc3C2C)nc2cc(-c3ccc([C@H]4C[C@@H]4C(=O)OC)cc3F)nn12.CCc1cc(C(=O)N2CCn3cccc3[C@@H]2C)nc2cc(-c3ccc([C@H]4C[C@@H]4C(=O)O)cc3F)nn12.CCc1cc(C(=O)N2CCn3cccc3[C@H]2C)nc2cc(-c3ccc([C@H]4C[C@@H]4C(=O)O)cc3F)nn12. The number of hydrogen-bond acceptors (Lipinski definition) is 13. The smallest absolute Gasteiger partial charge is 0.309 e. The summed E-state index contributed by atoms with van der Waals surface area (Å²) in [5, 5.41) is 32.1. The molecule has 6 aliphatic rings. The average Bonchev–Trinajstić information content (AvgIpc) is 1.53. The van der Waals surface area contributed by atoms with Gasteiger partial charge in [0.15, 0.2) is 16.9 Å². The number of rotatable bonds is 15. The van der Waals surface area contributed by atoms with Crippen LogP contribution in [-0.2, 0) is 58.0 Å². The fraction of sp³-hybridized carbons (Fsp3) is 0.349. The third-order valence-corrected chi connectivity index (χ3v) is 22.7. The summed E-state index contributed by atoms with van der Waals surface area (Å²) in [5.74, 6) is -5.05. The number of aromatic nitrogens is 12. The Kier molecular flexibility index (Phi) is 19.5. The molecule has 3 amide bonds. The number of amides is 3. The summed E-state index contributed by atoms with van der Waals surface area (Å²) in [6.45, 7) is 16.0. The molecule has 3 saturated carbocycles. The largest absolute Gasteiger partial charge is 0.481 e. The maximum atomic E-state index is 15.2. The molecule has 110 heavy (non-hydrogen) atoms. The number of carboxylic acid groups (broad SMARTS) is 2. The predicted molar refractivity (Wildman–Crippen MR) is 401 cm³/mol. The first-order valence-corrected chi connectivity index (χ1v) is 37.1. The van der Waals surface area contributed by atoms with E-state index in [2.05, 4.69) is 43.9 Å². The number of benzene rings is 3. The Morgan fingerprint density at radius 1 is 0.427 bits per heavy atom. The van der Waals surface area contributed by atoms with E-state index in [9.17, 15) is 28.8 Å². The lowest BCUT2D eigenvalue weighted by Gasteiger charge is -2.34. The van der Waals surface area contributed by atoms with Crippen molar-refractivity contribution in [2.75, 3.05) is 26.7 Å². The predicted octanol–water partition coefficient (Wildman–Crippen LogP) is 13.6. The quantitative estimate of drug-likeness (QED) is 0.0904. The molecule has 12 heterocycles. The molecule has 9 aromatic heterocycles. The van der Waals surface area contributed by atoms with E-state index in [0.717, 1.165) is 59.4 Å². The topological polar surface area (TPSA) is 267 Å². The van der Waals surface area contributed by atoms with E-state index < -0.39 is 41.2 Å². The van der Waals surface area contributed by atoms with Gasteiger partial charge < -0.3 is 43.4 Å². The van der Waals surface area contributed by atoms with Gasteiger partial charge in [0.1, 0.15) is 34.5 Å². The van der Waals surface area contributed by atoms with Crippen LogP contribution in [0.5, 0.6) is 0 Å². The Morgan fingerprint density at radius 3 is 1.00 bits per heavy atom. The molecule has 27 heteroatoms. The Bertz CT molecular complexity index is 5450. The Hall–Kier alpha value is -12.0. The van der Waals surface area contributed by atoms with Gasteiger partial charge in [-0.15, -0.1) is 0 Å². The summed E-state index contributed by atoms with van der Waals surface area (Å²) >= 11 is 0. The summed E-state index contributed by atoms with van der Waals surface area (Å²) < 4.78 is 61.6. The van der Waals surface area contributed by atoms with E-state index >= 15 is 13.2 Å². The monoisotopic (exact) mass is 1490 g/mol. The summed E-state index contributed by atoms with van der Waals surface area (Å²) in [4.78, 5) is 94.0. The molecule has 1 unspecified atom stereocenters. The molecule has 3 aliphatic carbocycles. The van der Waals surface area contributed by atoms with Gasteiger partial charge in [-0.05, 0) is 185 Å². The fourth-order valence-corrected chi connectivity index (χ4v) is 16.2. The van der Waals surface area contributed by atoms with Crippen LogP contribution in [0.4, 0.5) is 13.2 Å². The summed E-state index contributed by atoms with van der Waals surface area (Å²) in [6, 6.07) is 37.0. The van der Waals surface area contributed by atoms with E-state index in [1.54, 1.807) is 80.3 Å². The van der Waals surface area contributed by atoms with Crippen molar-refractivity contribution in [3.8, 4) is 33.8 Å². The zero-order valence-electron chi connectivity index (χ0n) is 61.1. The highest BCUT2D eigenvalue weighted by molar-refractivity contribution is 5.95. The molecule has 24 nitrogen and oxygen atoms in total. The van der Waals surface area contributed by atoms with E-state index in [1.807, 2.05) is 117 Å². The molecule has 0 radical (unpaired) electrons. The number of esters is 1. The van der Waals surface area contributed by atoms with Gasteiger partial charge in [0, 0.05) is 127 Å². The van der Waals surface area contributed by atoms with Crippen LogP contribution < -0.4 is 0 Å². The van der Waals surface area contributed by atoms with E-state index in [-0.39, 0.29) is 72.9 Å². The van der Waals surface area contributed by atoms with Crippen molar-refractivity contribution in [1.29, 1.82) is 0 Å². The third kappa shape index (κ3) is 13.4. The van der Waals surface area contributed by atoms with Gasteiger partial charge in [-0.3, -0.25) is 28.8 Å². The maximum absolute atomic E-state index is 15.2. The number of carboxylic acids is 2. The van der Waals surface area contributed by atoms with Gasteiger partial charge in [0.05, 0.1) is 60.1 Å². The first kappa shape index (κ1) is 73.5. The van der Waals surface area contributed by atoms with Crippen LogP contribution in [-0.4, -0.2) is 145 Å². The molecule has 2 N–H and O–H groups in total. The average molecular weight is 1490 g/mol. The third-order valence-electron chi connectivity index (χ3n) is 22.7. The number of fused-ring (bicyclic) bond motifs is 6. The second-order valence-corrected chi connectivity index (χ2v) is 29.0. The van der Waals surface area contributed by atoms with Crippen LogP contribution in [0.3, 0.4) is 0 Å². The normalized spacial score (nSPS) is 20.7. The molecule has 3 aromatic carbocycles. The molecule has 12 aromatic rings. The van der Waals surface area contributed by atoms with Crippen molar-refractivity contribution in [2.24, 2.45) is 17.8 Å². The van der Waals surface area contributed by atoms with Crippen molar-refractivity contribution in [3.05, 3.63) is 231 Å². The van der Waals surface area contributed by atoms with Crippen LogP contribution in [0.2, 0.25) is 0 Å². The highest BCUT2D eigenvalue weighted by Gasteiger charge is 2.47. The molecule has 0 saturated heterocycles. The van der Waals surface area contributed by atoms with Gasteiger partial charge in [0.2, 0.25) is 0 Å². The first-order chi connectivity index (χ1) is 52.6. The molecule has 3 aliphatic heterocycles. The number of carbonyl (C=O) groups is 6. The van der Waals surface area contributed by atoms with Crippen molar-refractivity contribution in [1.82, 2.24) is 72.2 Å². The van der Waals surface area contributed by atoms with Gasteiger partial charge in [0.25, 0.3) is 17.7 Å². The van der Waals surface area contributed by atoms with Gasteiger partial charge in [-0.25, -0.2) is 41.7 Å². The number of aliphatic carboxylic acids is 2. The molecule has 9 atom stereocenters. The van der Waals surface area contributed by atoms with Crippen LogP contribution in [0.1, 0.15) is 186 Å². The Labute approximate surface area is 631 Å². The van der Waals surface area contributed by atoms with Crippen molar-refractivity contribution in [2.45, 2.75) is 143 Å². The highest BCUT2D eigenvalue weighted by atomic mass is 19.1. The first-order valence-electron chi connectivity index (χ1n) is 37.1. The Balaban J connectivity index is 0.000000130. The van der Waals surface area contributed by atoms with Crippen LogP contribution >= 0.6 is 0 Å². The van der Waals surface area contributed by atoms with Gasteiger partial charge in [-0.2, -0.15) is 15.3 Å². The second-order valence-electron chi connectivity index (χ2n) is 29.0. The van der Waals surface area contributed by atoms with Crippen LogP contribution in [0, 0.1) is 35.2 Å². The van der Waals surface area contributed by atoms with Gasteiger partial charge >= 0.3 is 17.9 Å². The minimum atomic E-state index is -0.846. The number of methoxy groups -OCH3 is 1. The second kappa shape index (κ2) is 29.2. The molecule has 0 bridgehead atoms. The molecule has 3 fully saturated rings. The maximum Gasteiger partial charge on any atom is 0.309 e. The fourth-order valence-electron chi connectivity index (χ4n) is 16.2. The molecule has 0 spiro atoms. The number of carbonyl (C=O) groups excluding carboxylic acids is 4. The summed E-state index contributed by atoms with van der Waals surface area (Å²) in [6.07, 6.45) is 9.71. The standard InChI is InChI=1S/C28H28FN5O3.2C27H26FN5O3.CH4/c1-4-18-13-24(27(35)33-11-10-32-9-5-6-25(32)16(33)2)30-26-15-23(31-34(18)26)19-8-7-17(12-22(19)29)20-14-21(20)28(36)37-3;2*1-3-17-12-23(26(34)32-10-9-31-8-4-5-24(31)15(32)2)29-25-14-22(30-33(17)25)18-7-6-16(11-21(18)28)19-13-20(19)27(35)36;/h5-9,12-13,15-16,20-21H,4,10-11,14H2,1-3H3;2*4-8,11-12,14-15,19-20H,3,9-10,13H2,1-2H3,(H,35,36);1H4/t16?,20-,21+;15-,19+,20-;15-,19-,20+;/m101./s1.